The third-order valence-electron chi connectivity index (χ3n) is 2.74. The number of aryl methyl sites for hydroxylation is 1. The molecule has 0 aliphatic rings. The van der Waals surface area contributed by atoms with E-state index in [4.69, 9.17) is 4.42 Å². The Labute approximate surface area is 124 Å². The molecule has 1 aromatic heterocycles. The molecule has 4 nitrogen and oxygen atoms in total. The fraction of sp³-hybridized carbons (Fsp3) is 0.286. The molecule has 106 valence electrons. The van der Waals surface area contributed by atoms with Crippen molar-refractivity contribution in [3.63, 3.8) is 0 Å². The fourth-order valence-corrected chi connectivity index (χ4v) is 2.16. The van der Waals surface area contributed by atoms with Crippen LogP contribution in [-0.4, -0.2) is 18.1 Å². The summed E-state index contributed by atoms with van der Waals surface area (Å²) in [4.78, 5) is 15.9. The number of nitrogens with zero attached hydrogens (tertiary/aromatic N) is 1. The molecule has 0 N–H and O–H groups in total. The topological polar surface area (TPSA) is 52.3 Å². The molecule has 0 amide bonds. The SMILES string of the molecule is CCCc1nc(-c2cccc(Br)c2F)oc1C(=O)OC. The van der Waals surface area contributed by atoms with Gasteiger partial charge in [0.05, 0.1) is 22.8 Å². The van der Waals surface area contributed by atoms with Crippen molar-refractivity contribution >= 4 is 21.9 Å². The van der Waals surface area contributed by atoms with Crippen LogP contribution >= 0.6 is 15.9 Å². The van der Waals surface area contributed by atoms with Crippen LogP contribution in [0.1, 0.15) is 29.6 Å². The van der Waals surface area contributed by atoms with Gasteiger partial charge in [-0.15, -0.1) is 0 Å². The molecule has 0 radical (unpaired) electrons. The summed E-state index contributed by atoms with van der Waals surface area (Å²) in [7, 11) is 1.26. The number of oxazole rings is 1. The molecule has 0 unspecified atom stereocenters. The first kappa shape index (κ1) is 14.7. The summed E-state index contributed by atoms with van der Waals surface area (Å²) in [6.07, 6.45) is 1.35. The van der Waals surface area contributed by atoms with E-state index in [2.05, 4.69) is 25.7 Å². The third kappa shape index (κ3) is 2.75. The van der Waals surface area contributed by atoms with E-state index in [-0.39, 0.29) is 17.2 Å². The summed E-state index contributed by atoms with van der Waals surface area (Å²) in [5.74, 6) is -0.979. The number of halogens is 2. The van der Waals surface area contributed by atoms with Gasteiger partial charge in [0.2, 0.25) is 11.7 Å². The molecule has 6 heteroatoms. The molecule has 0 saturated heterocycles. The first-order chi connectivity index (χ1) is 9.58. The van der Waals surface area contributed by atoms with Gasteiger partial charge in [0.25, 0.3) is 0 Å². The lowest BCUT2D eigenvalue weighted by molar-refractivity contribution is 0.0564. The Morgan fingerprint density at radius 3 is 2.90 bits per heavy atom. The lowest BCUT2D eigenvalue weighted by Crippen LogP contribution is -2.03. The summed E-state index contributed by atoms with van der Waals surface area (Å²) >= 11 is 3.11. The maximum absolute atomic E-state index is 14.0. The third-order valence-corrected chi connectivity index (χ3v) is 3.35. The Bertz CT molecular complexity index is 639. The smallest absolute Gasteiger partial charge is 0.376 e. The zero-order valence-corrected chi connectivity index (χ0v) is 12.7. The fourth-order valence-electron chi connectivity index (χ4n) is 1.79. The Balaban J connectivity index is 2.52. The van der Waals surface area contributed by atoms with Gasteiger partial charge in [0, 0.05) is 0 Å². The molecule has 0 fully saturated rings. The highest BCUT2D eigenvalue weighted by molar-refractivity contribution is 9.10. The second kappa shape index (κ2) is 6.17. The predicted molar refractivity (Wildman–Crippen MR) is 74.9 cm³/mol. The summed E-state index contributed by atoms with van der Waals surface area (Å²) in [6.45, 7) is 1.95. The van der Waals surface area contributed by atoms with Crippen LogP contribution < -0.4 is 0 Å². The van der Waals surface area contributed by atoms with Crippen LogP contribution in [0.2, 0.25) is 0 Å². The zero-order valence-electron chi connectivity index (χ0n) is 11.1. The molecule has 0 bridgehead atoms. The molecule has 0 saturated carbocycles. The van der Waals surface area contributed by atoms with Crippen LogP contribution in [0.25, 0.3) is 11.5 Å². The number of hydrogen-bond acceptors (Lipinski definition) is 4. The van der Waals surface area contributed by atoms with Crippen molar-refractivity contribution < 1.29 is 18.3 Å². The highest BCUT2D eigenvalue weighted by Crippen LogP contribution is 2.29. The van der Waals surface area contributed by atoms with Crippen LogP contribution in [0.5, 0.6) is 0 Å². The van der Waals surface area contributed by atoms with E-state index in [9.17, 15) is 9.18 Å². The Hall–Kier alpha value is -1.69. The first-order valence-corrected chi connectivity index (χ1v) is 6.90. The van der Waals surface area contributed by atoms with Gasteiger partial charge in [-0.3, -0.25) is 0 Å². The quantitative estimate of drug-likeness (QED) is 0.789. The average Bonchev–Trinajstić information content (AvgIpc) is 2.85. The normalized spacial score (nSPS) is 10.6. The minimum Gasteiger partial charge on any atom is -0.463 e. The lowest BCUT2D eigenvalue weighted by atomic mass is 10.2. The van der Waals surface area contributed by atoms with Crippen molar-refractivity contribution in [2.45, 2.75) is 19.8 Å². The number of rotatable bonds is 4. The van der Waals surface area contributed by atoms with Crippen molar-refractivity contribution in [2.75, 3.05) is 7.11 Å². The summed E-state index contributed by atoms with van der Waals surface area (Å²) in [5, 5.41) is 0. The summed E-state index contributed by atoms with van der Waals surface area (Å²) in [6, 6.07) is 4.79. The van der Waals surface area contributed by atoms with Crippen LogP contribution in [0.15, 0.2) is 27.1 Å². The maximum atomic E-state index is 14.0. The van der Waals surface area contributed by atoms with Gasteiger partial charge < -0.3 is 9.15 Å². The van der Waals surface area contributed by atoms with E-state index in [1.165, 1.54) is 7.11 Å². The molecular formula is C14H13BrFNO3. The largest absolute Gasteiger partial charge is 0.463 e. The highest BCUT2D eigenvalue weighted by Gasteiger charge is 2.22. The van der Waals surface area contributed by atoms with Gasteiger partial charge in [-0.25, -0.2) is 14.2 Å². The van der Waals surface area contributed by atoms with E-state index in [0.717, 1.165) is 6.42 Å². The van der Waals surface area contributed by atoms with Crippen LogP contribution in [-0.2, 0) is 11.2 Å². The van der Waals surface area contributed by atoms with Crippen LogP contribution in [0.3, 0.4) is 0 Å². The first-order valence-electron chi connectivity index (χ1n) is 6.10. The Morgan fingerprint density at radius 1 is 1.50 bits per heavy atom. The Morgan fingerprint density at radius 2 is 2.25 bits per heavy atom. The van der Waals surface area contributed by atoms with Gasteiger partial charge in [-0.2, -0.15) is 0 Å². The second-order valence-electron chi connectivity index (χ2n) is 4.14. The average molecular weight is 342 g/mol. The number of methoxy groups -OCH3 is 1. The van der Waals surface area contributed by atoms with Gasteiger partial charge in [0.1, 0.15) is 5.82 Å². The number of aromatic nitrogens is 1. The van der Waals surface area contributed by atoms with E-state index in [0.29, 0.717) is 16.6 Å². The maximum Gasteiger partial charge on any atom is 0.376 e. The molecule has 2 aromatic rings. The number of carbonyl (C=O) groups excluding carboxylic acids is 1. The molecule has 2 rings (SSSR count). The van der Waals surface area contributed by atoms with E-state index >= 15 is 0 Å². The molecular weight excluding hydrogens is 329 g/mol. The van der Waals surface area contributed by atoms with Gasteiger partial charge >= 0.3 is 5.97 Å². The molecule has 0 aliphatic heterocycles. The van der Waals surface area contributed by atoms with E-state index in [1.54, 1.807) is 18.2 Å². The molecule has 0 spiro atoms. The number of esters is 1. The molecule has 1 heterocycles. The number of benzene rings is 1. The van der Waals surface area contributed by atoms with Crippen molar-refractivity contribution in [3.05, 3.63) is 39.9 Å². The van der Waals surface area contributed by atoms with Crippen molar-refractivity contribution in [1.82, 2.24) is 4.98 Å². The van der Waals surface area contributed by atoms with Crippen LogP contribution in [0, 0.1) is 5.82 Å². The van der Waals surface area contributed by atoms with Crippen molar-refractivity contribution in [1.29, 1.82) is 0 Å². The van der Waals surface area contributed by atoms with Crippen molar-refractivity contribution in [3.8, 4) is 11.5 Å². The zero-order chi connectivity index (χ0) is 14.7. The summed E-state index contributed by atoms with van der Waals surface area (Å²) in [5.41, 5.74) is 0.681. The van der Waals surface area contributed by atoms with E-state index in [1.807, 2.05) is 6.92 Å². The highest BCUT2D eigenvalue weighted by atomic mass is 79.9. The van der Waals surface area contributed by atoms with Gasteiger partial charge in [-0.05, 0) is 34.5 Å². The standard InChI is InChI=1S/C14H13BrFNO3/c1-3-5-10-12(14(18)19-2)20-13(17-10)8-6-4-7-9(15)11(8)16/h4,6-7H,3,5H2,1-2H3. The summed E-state index contributed by atoms with van der Waals surface area (Å²) < 4.78 is 24.4. The molecule has 20 heavy (non-hydrogen) atoms. The molecule has 1 aromatic carbocycles. The van der Waals surface area contributed by atoms with Gasteiger partial charge in [0.15, 0.2) is 0 Å². The van der Waals surface area contributed by atoms with Gasteiger partial charge in [-0.1, -0.05) is 19.4 Å². The van der Waals surface area contributed by atoms with E-state index < -0.39 is 11.8 Å². The molecule has 0 atom stereocenters. The number of ether oxygens (including phenoxy) is 1. The molecule has 0 aliphatic carbocycles. The Kier molecular flexibility index (Phi) is 4.54. The minimum absolute atomic E-state index is 0.0312. The predicted octanol–water partition coefficient (Wildman–Crippen LogP) is 3.98. The number of hydrogen-bond donors (Lipinski definition) is 0. The minimum atomic E-state index is -0.609. The monoisotopic (exact) mass is 341 g/mol. The van der Waals surface area contributed by atoms with Crippen molar-refractivity contribution in [2.24, 2.45) is 0 Å². The van der Waals surface area contributed by atoms with Crippen LogP contribution in [0.4, 0.5) is 4.39 Å². The number of carbonyl (C=O) groups is 1. The second-order valence-corrected chi connectivity index (χ2v) is 4.99. The lowest BCUT2D eigenvalue weighted by Gasteiger charge is -1.99.